The van der Waals surface area contributed by atoms with Crippen molar-refractivity contribution in [2.45, 2.75) is 17.1 Å². The minimum atomic E-state index is -0.434. The quantitative estimate of drug-likeness (QED) is 0.482. The van der Waals surface area contributed by atoms with Crippen molar-refractivity contribution >= 4 is 23.4 Å². The molecular weight excluding hydrogens is 280 g/mol. The van der Waals surface area contributed by atoms with E-state index in [-0.39, 0.29) is 16.8 Å². The van der Waals surface area contributed by atoms with Gasteiger partial charge in [-0.2, -0.15) is 0 Å². The molecule has 20 heavy (non-hydrogen) atoms. The van der Waals surface area contributed by atoms with Crippen molar-refractivity contribution in [3.63, 3.8) is 0 Å². The normalized spacial score (nSPS) is 16.8. The lowest BCUT2D eigenvalue weighted by molar-refractivity contribution is -0.384. The van der Waals surface area contributed by atoms with Crippen LogP contribution in [0.4, 0.5) is 5.69 Å². The Morgan fingerprint density at radius 3 is 2.50 bits per heavy atom. The molecule has 1 fully saturated rings. The highest BCUT2D eigenvalue weighted by Crippen LogP contribution is 2.26. The molecule has 2 rings (SSSR count). The van der Waals surface area contributed by atoms with Crippen LogP contribution in [0.2, 0.25) is 0 Å². The van der Waals surface area contributed by atoms with Gasteiger partial charge in [0.2, 0.25) is 5.91 Å². The zero-order valence-electron chi connectivity index (χ0n) is 11.2. The van der Waals surface area contributed by atoms with E-state index in [4.69, 9.17) is 4.74 Å². The molecule has 0 spiro atoms. The number of benzene rings is 1. The Bertz CT molecular complexity index is 486. The number of rotatable bonds is 4. The topological polar surface area (TPSA) is 72.7 Å². The van der Waals surface area contributed by atoms with Crippen molar-refractivity contribution in [2.24, 2.45) is 0 Å². The summed E-state index contributed by atoms with van der Waals surface area (Å²) in [4.78, 5) is 25.0. The fourth-order valence-electron chi connectivity index (χ4n) is 1.94. The number of carbonyl (C=O) groups excluding carboxylic acids is 1. The first-order valence-electron chi connectivity index (χ1n) is 6.35. The summed E-state index contributed by atoms with van der Waals surface area (Å²) in [6, 6.07) is 6.25. The van der Waals surface area contributed by atoms with Crippen molar-refractivity contribution in [3.05, 3.63) is 34.4 Å². The number of hydrogen-bond acceptors (Lipinski definition) is 5. The fourth-order valence-corrected chi connectivity index (χ4v) is 2.89. The van der Waals surface area contributed by atoms with Gasteiger partial charge in [0.15, 0.2) is 0 Å². The van der Waals surface area contributed by atoms with Gasteiger partial charge in [-0.1, -0.05) is 0 Å². The molecule has 0 saturated carbocycles. The van der Waals surface area contributed by atoms with Gasteiger partial charge in [-0.3, -0.25) is 14.9 Å². The average Bonchev–Trinajstić information content (AvgIpc) is 2.48. The van der Waals surface area contributed by atoms with Gasteiger partial charge in [0.05, 0.1) is 23.4 Å². The Labute approximate surface area is 121 Å². The first-order chi connectivity index (χ1) is 9.58. The fraction of sp³-hybridized carbons (Fsp3) is 0.462. The summed E-state index contributed by atoms with van der Waals surface area (Å²) in [7, 11) is 0. The summed E-state index contributed by atoms with van der Waals surface area (Å²) in [5, 5.41) is 10.4. The predicted molar refractivity (Wildman–Crippen MR) is 75.8 cm³/mol. The van der Waals surface area contributed by atoms with E-state index in [0.717, 1.165) is 4.90 Å². The van der Waals surface area contributed by atoms with Crippen LogP contribution in [-0.2, 0) is 9.53 Å². The first-order valence-corrected chi connectivity index (χ1v) is 7.23. The monoisotopic (exact) mass is 296 g/mol. The van der Waals surface area contributed by atoms with E-state index in [1.165, 1.54) is 23.9 Å². The molecule has 7 heteroatoms. The predicted octanol–water partition coefficient (Wildman–Crippen LogP) is 1.93. The third kappa shape index (κ3) is 3.71. The number of hydrogen-bond donors (Lipinski definition) is 0. The van der Waals surface area contributed by atoms with Crippen LogP contribution in [0.25, 0.3) is 0 Å². The van der Waals surface area contributed by atoms with Crippen LogP contribution < -0.4 is 0 Å². The second-order valence-corrected chi connectivity index (χ2v) is 5.86. The van der Waals surface area contributed by atoms with Crippen LogP contribution in [0.15, 0.2) is 29.2 Å². The lowest BCUT2D eigenvalue weighted by Gasteiger charge is -2.29. The van der Waals surface area contributed by atoms with Gasteiger partial charge in [-0.05, 0) is 19.1 Å². The van der Waals surface area contributed by atoms with Crippen LogP contribution in [0.5, 0.6) is 0 Å². The van der Waals surface area contributed by atoms with Gasteiger partial charge in [0.1, 0.15) is 0 Å². The van der Waals surface area contributed by atoms with Crippen LogP contribution in [0.3, 0.4) is 0 Å². The molecule has 1 aromatic rings. The maximum Gasteiger partial charge on any atom is 0.269 e. The first kappa shape index (κ1) is 14.8. The van der Waals surface area contributed by atoms with Crippen molar-refractivity contribution in [1.82, 2.24) is 4.90 Å². The van der Waals surface area contributed by atoms with Crippen LogP contribution in [0, 0.1) is 10.1 Å². The molecule has 0 radical (unpaired) electrons. The van der Waals surface area contributed by atoms with Crippen molar-refractivity contribution < 1.29 is 14.5 Å². The highest BCUT2D eigenvalue weighted by Gasteiger charge is 2.23. The zero-order chi connectivity index (χ0) is 14.5. The van der Waals surface area contributed by atoms with E-state index in [1.54, 1.807) is 17.0 Å². The maximum absolute atomic E-state index is 12.2. The van der Waals surface area contributed by atoms with Crippen molar-refractivity contribution in [2.75, 3.05) is 26.3 Å². The number of thioether (sulfide) groups is 1. The number of morpholine rings is 1. The smallest absolute Gasteiger partial charge is 0.269 e. The summed E-state index contributed by atoms with van der Waals surface area (Å²) in [6.45, 7) is 4.28. The number of carbonyl (C=O) groups is 1. The second-order valence-electron chi connectivity index (χ2n) is 4.45. The molecule has 1 atom stereocenters. The Morgan fingerprint density at radius 1 is 1.35 bits per heavy atom. The van der Waals surface area contributed by atoms with Gasteiger partial charge in [-0.15, -0.1) is 11.8 Å². The third-order valence-electron chi connectivity index (χ3n) is 3.03. The molecular formula is C13H16N2O4S. The van der Waals surface area contributed by atoms with Gasteiger partial charge < -0.3 is 9.64 Å². The SMILES string of the molecule is CC(Sc1ccc([N+](=O)[O-])cc1)C(=O)N1CCOCC1. The summed E-state index contributed by atoms with van der Waals surface area (Å²) in [5.74, 6) is 0.0802. The number of non-ortho nitro benzene ring substituents is 1. The molecule has 0 N–H and O–H groups in total. The van der Waals surface area contributed by atoms with E-state index in [2.05, 4.69) is 0 Å². The highest BCUT2D eigenvalue weighted by molar-refractivity contribution is 8.00. The number of nitrogens with zero attached hydrogens (tertiary/aromatic N) is 2. The van der Waals surface area contributed by atoms with Crippen LogP contribution in [-0.4, -0.2) is 47.3 Å². The molecule has 108 valence electrons. The number of nitro benzene ring substituents is 1. The average molecular weight is 296 g/mol. The maximum atomic E-state index is 12.2. The molecule has 0 aromatic heterocycles. The van der Waals surface area contributed by atoms with Crippen LogP contribution >= 0.6 is 11.8 Å². The third-order valence-corrected chi connectivity index (χ3v) is 4.13. The number of ether oxygens (including phenoxy) is 1. The molecule has 0 aliphatic carbocycles. The lowest BCUT2D eigenvalue weighted by atomic mass is 10.3. The molecule has 1 amide bonds. The molecule has 1 aliphatic heterocycles. The summed E-state index contributed by atoms with van der Waals surface area (Å²) >= 11 is 1.41. The molecule has 1 aromatic carbocycles. The molecule has 1 heterocycles. The highest BCUT2D eigenvalue weighted by atomic mass is 32.2. The van der Waals surface area contributed by atoms with E-state index < -0.39 is 4.92 Å². The van der Waals surface area contributed by atoms with Gasteiger partial charge in [0.25, 0.3) is 5.69 Å². The van der Waals surface area contributed by atoms with Gasteiger partial charge in [0, 0.05) is 30.1 Å². The Balaban J connectivity index is 1.94. The van der Waals surface area contributed by atoms with Gasteiger partial charge >= 0.3 is 0 Å². The van der Waals surface area contributed by atoms with E-state index in [1.807, 2.05) is 6.92 Å². The Hall–Kier alpha value is -1.60. The number of amides is 1. The van der Waals surface area contributed by atoms with Gasteiger partial charge in [-0.25, -0.2) is 0 Å². The number of nitro groups is 1. The summed E-state index contributed by atoms with van der Waals surface area (Å²) in [5.41, 5.74) is 0.0570. The second kappa shape index (κ2) is 6.71. The summed E-state index contributed by atoms with van der Waals surface area (Å²) in [6.07, 6.45) is 0. The molecule has 1 unspecified atom stereocenters. The van der Waals surface area contributed by atoms with E-state index in [9.17, 15) is 14.9 Å². The minimum absolute atomic E-state index is 0.0570. The van der Waals surface area contributed by atoms with E-state index in [0.29, 0.717) is 26.3 Å². The largest absolute Gasteiger partial charge is 0.378 e. The standard InChI is InChI=1S/C13H16N2O4S/c1-10(13(16)14-6-8-19-9-7-14)20-12-4-2-11(3-5-12)15(17)18/h2-5,10H,6-9H2,1H3. The van der Waals surface area contributed by atoms with Crippen LogP contribution in [0.1, 0.15) is 6.92 Å². The molecule has 1 saturated heterocycles. The zero-order valence-corrected chi connectivity index (χ0v) is 12.0. The van der Waals surface area contributed by atoms with Crippen molar-refractivity contribution in [3.8, 4) is 0 Å². The summed E-state index contributed by atoms with van der Waals surface area (Å²) < 4.78 is 5.22. The Kier molecular flexibility index (Phi) is 4.97. The minimum Gasteiger partial charge on any atom is -0.378 e. The Morgan fingerprint density at radius 2 is 1.95 bits per heavy atom. The molecule has 1 aliphatic rings. The lowest BCUT2D eigenvalue weighted by Crippen LogP contribution is -2.44. The van der Waals surface area contributed by atoms with E-state index >= 15 is 0 Å². The van der Waals surface area contributed by atoms with Crippen molar-refractivity contribution in [1.29, 1.82) is 0 Å². The molecule has 6 nitrogen and oxygen atoms in total. The molecule has 0 bridgehead atoms.